The lowest BCUT2D eigenvalue weighted by Gasteiger charge is -2.37. The van der Waals surface area contributed by atoms with E-state index in [0.29, 0.717) is 0 Å². The summed E-state index contributed by atoms with van der Waals surface area (Å²) in [7, 11) is 0. The zero-order valence-corrected chi connectivity index (χ0v) is 16.0. The van der Waals surface area contributed by atoms with E-state index in [4.69, 9.17) is 5.11 Å². The van der Waals surface area contributed by atoms with Crippen molar-refractivity contribution in [1.29, 1.82) is 0 Å². The fourth-order valence-electron chi connectivity index (χ4n) is 5.18. The van der Waals surface area contributed by atoms with Crippen LogP contribution in [0.5, 0.6) is 0 Å². The minimum atomic E-state index is -0.563. The van der Waals surface area contributed by atoms with Crippen LogP contribution in [0, 0.1) is 23.7 Å². The molecule has 2 fully saturated rings. The average molecular weight is 337 g/mol. The van der Waals surface area contributed by atoms with Crippen molar-refractivity contribution in [3.05, 3.63) is 0 Å². The molecule has 0 amide bonds. The molecule has 0 spiro atoms. The lowest BCUT2D eigenvalue weighted by Crippen LogP contribution is -2.28. The molecule has 140 valence electrons. The van der Waals surface area contributed by atoms with E-state index in [1.165, 1.54) is 89.9 Å². The molecule has 0 atom stereocenters. The van der Waals surface area contributed by atoms with Crippen LogP contribution in [0.3, 0.4) is 0 Å². The van der Waals surface area contributed by atoms with Crippen molar-refractivity contribution in [2.75, 3.05) is 0 Å². The molecule has 0 radical (unpaired) electrons. The molecule has 2 rings (SSSR count). The van der Waals surface area contributed by atoms with Crippen molar-refractivity contribution >= 4 is 5.97 Å². The smallest absolute Gasteiger partial charge is 0.306 e. The number of hydrogen-bond donors (Lipinski definition) is 1. The van der Waals surface area contributed by atoms with Crippen molar-refractivity contribution in [2.24, 2.45) is 23.7 Å². The molecule has 24 heavy (non-hydrogen) atoms. The number of rotatable bonds is 10. The van der Waals surface area contributed by atoms with Crippen LogP contribution in [0.25, 0.3) is 0 Å². The van der Waals surface area contributed by atoms with Crippen LogP contribution in [0.2, 0.25) is 0 Å². The fourth-order valence-corrected chi connectivity index (χ4v) is 5.18. The third-order valence-corrected chi connectivity index (χ3v) is 6.90. The fraction of sp³-hybridized carbons (Fsp3) is 0.955. The molecule has 0 aromatic rings. The Kier molecular flexibility index (Phi) is 9.20. The predicted molar refractivity (Wildman–Crippen MR) is 101 cm³/mol. The van der Waals surface area contributed by atoms with Gasteiger partial charge in [-0.05, 0) is 56.3 Å². The van der Waals surface area contributed by atoms with Crippen molar-refractivity contribution < 1.29 is 9.90 Å². The number of hydrogen-bond acceptors (Lipinski definition) is 1. The molecule has 0 heterocycles. The van der Waals surface area contributed by atoms with E-state index in [0.717, 1.165) is 30.6 Å². The monoisotopic (exact) mass is 336 g/mol. The Hall–Kier alpha value is -0.530. The summed E-state index contributed by atoms with van der Waals surface area (Å²) in [5, 5.41) is 9.13. The maximum Gasteiger partial charge on any atom is 0.306 e. The quantitative estimate of drug-likeness (QED) is 0.444. The standard InChI is InChI=1S/C22H40O2/c1-2-3-4-5-6-7-8-9-18-10-12-19(13-11-18)20-14-16-21(17-15-20)22(23)24/h18-21H,2-17H2,1H3,(H,23,24). The van der Waals surface area contributed by atoms with Gasteiger partial charge in [-0.3, -0.25) is 4.79 Å². The Morgan fingerprint density at radius 3 is 1.79 bits per heavy atom. The number of carboxylic acid groups (broad SMARTS) is 1. The van der Waals surface area contributed by atoms with Crippen LogP contribution < -0.4 is 0 Å². The van der Waals surface area contributed by atoms with Gasteiger partial charge < -0.3 is 5.11 Å². The molecular formula is C22H40O2. The highest BCUT2D eigenvalue weighted by atomic mass is 16.4. The molecule has 0 aliphatic heterocycles. The first kappa shape index (κ1) is 19.8. The van der Waals surface area contributed by atoms with Crippen molar-refractivity contribution in [2.45, 2.75) is 110 Å². The Morgan fingerprint density at radius 2 is 1.25 bits per heavy atom. The highest BCUT2D eigenvalue weighted by Gasteiger charge is 2.32. The second-order valence-electron chi connectivity index (χ2n) is 8.64. The summed E-state index contributed by atoms with van der Waals surface area (Å²) in [6.45, 7) is 2.29. The Labute approximate surface area is 149 Å². The van der Waals surface area contributed by atoms with Gasteiger partial charge in [0, 0.05) is 0 Å². The van der Waals surface area contributed by atoms with Gasteiger partial charge in [0.25, 0.3) is 0 Å². The molecule has 2 nitrogen and oxygen atoms in total. The van der Waals surface area contributed by atoms with Crippen molar-refractivity contribution in [1.82, 2.24) is 0 Å². The van der Waals surface area contributed by atoms with E-state index < -0.39 is 5.97 Å². The van der Waals surface area contributed by atoms with E-state index in [2.05, 4.69) is 6.92 Å². The largest absolute Gasteiger partial charge is 0.481 e. The topological polar surface area (TPSA) is 37.3 Å². The molecule has 2 aliphatic carbocycles. The summed E-state index contributed by atoms with van der Waals surface area (Å²) in [4.78, 5) is 11.1. The van der Waals surface area contributed by atoms with Gasteiger partial charge in [-0.2, -0.15) is 0 Å². The van der Waals surface area contributed by atoms with Crippen LogP contribution in [0.15, 0.2) is 0 Å². The summed E-state index contributed by atoms with van der Waals surface area (Å²) in [5.41, 5.74) is 0. The molecule has 0 bridgehead atoms. The van der Waals surface area contributed by atoms with Crippen molar-refractivity contribution in [3.8, 4) is 0 Å². The van der Waals surface area contributed by atoms with Gasteiger partial charge in [-0.25, -0.2) is 0 Å². The lowest BCUT2D eigenvalue weighted by atomic mass is 9.68. The SMILES string of the molecule is CCCCCCCCCC1CCC(C2CCC(C(=O)O)CC2)CC1. The zero-order chi connectivity index (χ0) is 17.2. The minimum Gasteiger partial charge on any atom is -0.481 e. The summed E-state index contributed by atoms with van der Waals surface area (Å²) in [6, 6.07) is 0. The third-order valence-electron chi connectivity index (χ3n) is 6.90. The number of carbonyl (C=O) groups is 1. The molecule has 0 saturated heterocycles. The summed E-state index contributed by atoms with van der Waals surface area (Å²) in [6.07, 6.45) is 21.4. The van der Waals surface area contributed by atoms with Crippen molar-refractivity contribution in [3.63, 3.8) is 0 Å². The second kappa shape index (κ2) is 11.2. The Morgan fingerprint density at radius 1 is 0.750 bits per heavy atom. The molecule has 0 aromatic heterocycles. The van der Waals surface area contributed by atoms with Crippen LogP contribution in [-0.2, 0) is 4.79 Å². The highest BCUT2D eigenvalue weighted by Crippen LogP contribution is 2.42. The van der Waals surface area contributed by atoms with Gasteiger partial charge in [0.1, 0.15) is 0 Å². The van der Waals surface area contributed by atoms with Crippen LogP contribution in [-0.4, -0.2) is 11.1 Å². The molecule has 0 unspecified atom stereocenters. The van der Waals surface area contributed by atoms with Gasteiger partial charge in [-0.1, -0.05) is 71.1 Å². The highest BCUT2D eigenvalue weighted by molar-refractivity contribution is 5.69. The van der Waals surface area contributed by atoms with Gasteiger partial charge in [0.15, 0.2) is 0 Å². The molecule has 2 saturated carbocycles. The normalized spacial score (nSPS) is 31.0. The molecule has 2 heteroatoms. The van der Waals surface area contributed by atoms with Crippen LogP contribution in [0.4, 0.5) is 0 Å². The van der Waals surface area contributed by atoms with Gasteiger partial charge in [-0.15, -0.1) is 0 Å². The lowest BCUT2D eigenvalue weighted by molar-refractivity contribution is -0.143. The van der Waals surface area contributed by atoms with E-state index in [-0.39, 0.29) is 5.92 Å². The third kappa shape index (κ3) is 6.76. The average Bonchev–Trinajstić information content (AvgIpc) is 2.61. The van der Waals surface area contributed by atoms with E-state index in [9.17, 15) is 4.79 Å². The zero-order valence-electron chi connectivity index (χ0n) is 16.0. The molecule has 0 aromatic carbocycles. The Bertz CT molecular complexity index is 336. The summed E-state index contributed by atoms with van der Waals surface area (Å²) in [5.74, 6) is 2.12. The van der Waals surface area contributed by atoms with Crippen LogP contribution >= 0.6 is 0 Å². The van der Waals surface area contributed by atoms with Crippen LogP contribution in [0.1, 0.15) is 110 Å². The van der Waals surface area contributed by atoms with Gasteiger partial charge >= 0.3 is 5.97 Å². The Balaban J connectivity index is 1.51. The first-order chi connectivity index (χ1) is 11.7. The number of carboxylic acids is 1. The van der Waals surface area contributed by atoms with E-state index in [1.54, 1.807) is 0 Å². The van der Waals surface area contributed by atoms with E-state index in [1.807, 2.05) is 0 Å². The molecule has 2 aliphatic rings. The van der Waals surface area contributed by atoms with Gasteiger partial charge in [0.2, 0.25) is 0 Å². The molecule has 1 N–H and O–H groups in total. The first-order valence-corrected chi connectivity index (χ1v) is 10.9. The second-order valence-corrected chi connectivity index (χ2v) is 8.64. The predicted octanol–water partition coefficient (Wildman–Crippen LogP) is 6.82. The summed E-state index contributed by atoms with van der Waals surface area (Å²) >= 11 is 0. The molecular weight excluding hydrogens is 296 g/mol. The maximum atomic E-state index is 11.1. The number of aliphatic carboxylic acids is 1. The number of unbranched alkanes of at least 4 members (excludes halogenated alkanes) is 6. The first-order valence-electron chi connectivity index (χ1n) is 10.9. The van der Waals surface area contributed by atoms with E-state index >= 15 is 0 Å². The van der Waals surface area contributed by atoms with Gasteiger partial charge in [0.05, 0.1) is 5.92 Å². The minimum absolute atomic E-state index is 0.0464. The summed E-state index contributed by atoms with van der Waals surface area (Å²) < 4.78 is 0. The maximum absolute atomic E-state index is 11.1.